The number of rotatable bonds is 19. The Morgan fingerprint density at radius 3 is 1.37 bits per heavy atom. The third-order valence-electron chi connectivity index (χ3n) is 8.59. The van der Waals surface area contributed by atoms with Gasteiger partial charge in [-0.25, -0.2) is 14.1 Å². The summed E-state index contributed by atoms with van der Waals surface area (Å²) in [6.07, 6.45) is 23.7. The lowest BCUT2D eigenvalue weighted by atomic mass is 10.1. The zero-order chi connectivity index (χ0) is 34.3. The standard InChI is InChI=1S/C40H52N5O3P/c1-4-7-8-9-10-22-42-23-14-35(15-24-42)37-18-27-44(28-19-37)33-39-12-11-13-40(41-39)34-45-29-20-38(21-30-45)36-16-25-43(26-17-36)31-32-49(46,47-5-2)48-6-3/h11-21,23-30H,4-10,22,31-34H2,1-3H3/q+4. The summed E-state index contributed by atoms with van der Waals surface area (Å²) in [5.41, 5.74) is 6.75. The topological polar surface area (TPSA) is 63.9 Å². The SMILES string of the molecule is CCCCCCC[n+]1ccc(-c2cc[n+](Cc3cccc(C[n+]4ccc(-c5cc[n+](CCP(=O)(OCC)OCC)cc5)cc4)n3)cc2)cc1. The molecule has 5 heterocycles. The molecule has 0 fully saturated rings. The van der Waals surface area contributed by atoms with Gasteiger partial charge in [0.15, 0.2) is 69.2 Å². The molecule has 0 amide bonds. The number of hydrogen-bond donors (Lipinski definition) is 0. The first-order valence-corrected chi connectivity index (χ1v) is 19.5. The van der Waals surface area contributed by atoms with Crippen LogP contribution in [0.4, 0.5) is 0 Å². The number of nitrogens with zero attached hydrogens (tertiary/aromatic N) is 5. The van der Waals surface area contributed by atoms with Crippen LogP contribution in [0.1, 0.15) is 64.3 Å². The first kappa shape index (κ1) is 36.2. The van der Waals surface area contributed by atoms with Crippen LogP contribution in [0.25, 0.3) is 22.3 Å². The molecule has 8 nitrogen and oxygen atoms in total. The third kappa shape index (κ3) is 11.2. The molecule has 5 aromatic heterocycles. The Kier molecular flexibility index (Phi) is 13.7. The normalized spacial score (nSPS) is 11.6. The Labute approximate surface area is 292 Å². The van der Waals surface area contributed by atoms with Crippen molar-refractivity contribution in [2.24, 2.45) is 0 Å². The van der Waals surface area contributed by atoms with Gasteiger partial charge < -0.3 is 9.05 Å². The first-order chi connectivity index (χ1) is 24.0. The van der Waals surface area contributed by atoms with Crippen molar-refractivity contribution in [1.82, 2.24) is 4.98 Å². The highest BCUT2D eigenvalue weighted by Gasteiger charge is 2.25. The number of hydrogen-bond acceptors (Lipinski definition) is 4. The molecule has 0 aliphatic heterocycles. The molecule has 0 spiro atoms. The molecule has 256 valence electrons. The average molecular weight is 682 g/mol. The fraction of sp³-hybridized carbons (Fsp3) is 0.375. The highest BCUT2D eigenvalue weighted by atomic mass is 31.2. The van der Waals surface area contributed by atoms with Crippen LogP contribution in [0.15, 0.2) is 116 Å². The molecule has 0 saturated heterocycles. The monoisotopic (exact) mass is 681 g/mol. The van der Waals surface area contributed by atoms with Gasteiger partial charge in [0.05, 0.1) is 13.2 Å². The van der Waals surface area contributed by atoms with Gasteiger partial charge in [-0.05, 0) is 54.7 Å². The maximum Gasteiger partial charge on any atom is 0.337 e. The number of aromatic nitrogens is 5. The van der Waals surface area contributed by atoms with Gasteiger partial charge in [-0.1, -0.05) is 32.3 Å². The van der Waals surface area contributed by atoms with E-state index in [9.17, 15) is 4.57 Å². The van der Waals surface area contributed by atoms with Gasteiger partial charge in [0.25, 0.3) is 0 Å². The van der Waals surface area contributed by atoms with E-state index in [1.165, 1.54) is 43.2 Å². The van der Waals surface area contributed by atoms with E-state index in [1.807, 2.05) is 30.8 Å². The molecule has 0 radical (unpaired) electrons. The molecule has 9 heteroatoms. The summed E-state index contributed by atoms with van der Waals surface area (Å²) in [6, 6.07) is 23.5. The Hall–Kier alpha value is -4.10. The number of pyridine rings is 5. The molecule has 5 aromatic rings. The molecular formula is C40H52N5O3P+4. The van der Waals surface area contributed by atoms with Crippen molar-refractivity contribution in [2.45, 2.75) is 79.1 Å². The van der Waals surface area contributed by atoms with Gasteiger partial charge in [-0.3, -0.25) is 4.57 Å². The minimum absolute atomic E-state index is 0.345. The quantitative estimate of drug-likeness (QED) is 0.0541. The minimum Gasteiger partial charge on any atom is -0.309 e. The molecule has 0 unspecified atom stereocenters. The van der Waals surface area contributed by atoms with Gasteiger partial charge >= 0.3 is 7.60 Å². The second-order valence-corrected chi connectivity index (χ2v) is 14.6. The second kappa shape index (κ2) is 18.6. The molecule has 0 N–H and O–H groups in total. The zero-order valence-corrected chi connectivity index (χ0v) is 30.3. The molecule has 0 aliphatic rings. The van der Waals surface area contributed by atoms with Gasteiger partial charge in [0, 0.05) is 55.0 Å². The summed E-state index contributed by atoms with van der Waals surface area (Å²) in [7, 11) is -3.06. The smallest absolute Gasteiger partial charge is 0.309 e. The molecule has 0 bridgehead atoms. The predicted octanol–water partition coefficient (Wildman–Crippen LogP) is 6.90. The van der Waals surface area contributed by atoms with Crippen LogP contribution in [0.5, 0.6) is 0 Å². The molecule has 0 aliphatic carbocycles. The predicted molar refractivity (Wildman–Crippen MR) is 191 cm³/mol. The summed E-state index contributed by atoms with van der Waals surface area (Å²) in [5, 5.41) is 0. The molecule has 0 aromatic carbocycles. The van der Waals surface area contributed by atoms with Crippen molar-refractivity contribution in [3.63, 3.8) is 0 Å². The molecule has 5 rings (SSSR count). The van der Waals surface area contributed by atoms with Gasteiger partial charge in [0.1, 0.15) is 24.1 Å². The lowest BCUT2D eigenvalue weighted by molar-refractivity contribution is -0.697. The van der Waals surface area contributed by atoms with E-state index in [1.54, 1.807) is 0 Å². The Balaban J connectivity index is 1.12. The van der Waals surface area contributed by atoms with Gasteiger partial charge in [-0.15, -0.1) is 0 Å². The fourth-order valence-corrected chi connectivity index (χ4v) is 7.48. The van der Waals surface area contributed by atoms with Crippen molar-refractivity contribution in [2.75, 3.05) is 19.4 Å². The summed E-state index contributed by atoms with van der Waals surface area (Å²) >= 11 is 0. The van der Waals surface area contributed by atoms with Gasteiger partial charge in [0.2, 0.25) is 0 Å². The third-order valence-corrected chi connectivity index (χ3v) is 10.6. The average Bonchev–Trinajstić information content (AvgIpc) is 3.12. The molecule has 0 atom stereocenters. The van der Waals surface area contributed by atoms with Crippen LogP contribution in [0.2, 0.25) is 0 Å². The Morgan fingerprint density at radius 1 is 0.531 bits per heavy atom. The van der Waals surface area contributed by atoms with E-state index in [2.05, 4.69) is 125 Å². The summed E-state index contributed by atoms with van der Waals surface area (Å²) in [6.45, 7) is 9.73. The lowest BCUT2D eigenvalue weighted by Gasteiger charge is -2.15. The van der Waals surface area contributed by atoms with Crippen LogP contribution >= 0.6 is 7.60 Å². The van der Waals surface area contributed by atoms with E-state index < -0.39 is 7.60 Å². The van der Waals surface area contributed by atoms with Crippen molar-refractivity contribution >= 4 is 7.60 Å². The fourth-order valence-electron chi connectivity index (χ4n) is 5.88. The van der Waals surface area contributed by atoms with E-state index in [-0.39, 0.29) is 0 Å². The highest BCUT2D eigenvalue weighted by Crippen LogP contribution is 2.47. The minimum atomic E-state index is -3.06. The van der Waals surface area contributed by atoms with Gasteiger partial charge in [-0.2, -0.15) is 9.13 Å². The van der Waals surface area contributed by atoms with Crippen molar-refractivity contribution in [1.29, 1.82) is 0 Å². The van der Waals surface area contributed by atoms with E-state index in [0.29, 0.717) is 39.0 Å². The summed E-state index contributed by atoms with van der Waals surface area (Å²) in [4.78, 5) is 4.96. The molecular weight excluding hydrogens is 629 g/mol. The largest absolute Gasteiger partial charge is 0.337 e. The lowest BCUT2D eigenvalue weighted by Crippen LogP contribution is -2.35. The van der Waals surface area contributed by atoms with Crippen LogP contribution in [0.3, 0.4) is 0 Å². The first-order valence-electron chi connectivity index (χ1n) is 17.8. The Bertz CT molecular complexity index is 1750. The maximum atomic E-state index is 12.8. The summed E-state index contributed by atoms with van der Waals surface area (Å²) < 4.78 is 32.2. The van der Waals surface area contributed by atoms with E-state index >= 15 is 0 Å². The van der Waals surface area contributed by atoms with Crippen LogP contribution in [-0.2, 0) is 39.8 Å². The van der Waals surface area contributed by atoms with Crippen LogP contribution in [0, 0.1) is 0 Å². The van der Waals surface area contributed by atoms with Crippen LogP contribution < -0.4 is 18.3 Å². The van der Waals surface area contributed by atoms with E-state index in [4.69, 9.17) is 14.0 Å². The summed E-state index contributed by atoms with van der Waals surface area (Å²) in [5.74, 6) is 0. The Morgan fingerprint density at radius 2 is 0.939 bits per heavy atom. The van der Waals surface area contributed by atoms with Crippen molar-refractivity contribution in [3.05, 3.63) is 128 Å². The maximum absolute atomic E-state index is 12.8. The second-order valence-electron chi connectivity index (χ2n) is 12.4. The van der Waals surface area contributed by atoms with Crippen LogP contribution in [-0.4, -0.2) is 24.4 Å². The zero-order valence-electron chi connectivity index (χ0n) is 29.4. The number of unbranched alkanes of at least 4 members (excludes halogenated alkanes) is 4. The molecule has 0 saturated carbocycles. The van der Waals surface area contributed by atoms with Crippen molar-refractivity contribution < 1.29 is 31.9 Å². The highest BCUT2D eigenvalue weighted by molar-refractivity contribution is 7.53. The van der Waals surface area contributed by atoms with E-state index in [0.717, 1.165) is 29.1 Å². The number of aryl methyl sites for hydroxylation is 2. The molecule has 49 heavy (non-hydrogen) atoms. The van der Waals surface area contributed by atoms with Crippen molar-refractivity contribution in [3.8, 4) is 22.3 Å².